The van der Waals surface area contributed by atoms with Crippen molar-refractivity contribution in [2.75, 3.05) is 0 Å². The van der Waals surface area contributed by atoms with Crippen LogP contribution in [0.1, 0.15) is 63.8 Å². The topological polar surface area (TPSA) is 38.0 Å². The van der Waals surface area contributed by atoms with Gasteiger partial charge in [0.15, 0.2) is 0 Å². The van der Waals surface area contributed by atoms with Crippen LogP contribution >= 0.6 is 11.6 Å². The highest BCUT2D eigenvalue weighted by Crippen LogP contribution is 2.35. The van der Waals surface area contributed by atoms with E-state index in [-0.39, 0.29) is 6.04 Å². The lowest BCUT2D eigenvalue weighted by atomic mass is 9.98. The molecule has 0 amide bonds. The van der Waals surface area contributed by atoms with Crippen molar-refractivity contribution >= 4 is 11.6 Å². The molecule has 0 aliphatic heterocycles. The summed E-state index contributed by atoms with van der Waals surface area (Å²) in [4.78, 5) is 0. The lowest BCUT2D eigenvalue weighted by Crippen LogP contribution is -2.13. The van der Waals surface area contributed by atoms with Crippen LogP contribution in [0.4, 0.5) is 0 Å². The molecule has 4 heteroatoms. The largest absolute Gasteiger partial charge is 0.387 e. The van der Waals surface area contributed by atoms with Gasteiger partial charge in [-0.1, -0.05) is 37.3 Å². The monoisotopic (exact) mass is 256 g/mol. The van der Waals surface area contributed by atoms with E-state index < -0.39 is 6.10 Å². The molecule has 0 aromatic carbocycles. The van der Waals surface area contributed by atoms with Crippen LogP contribution < -0.4 is 0 Å². The highest BCUT2D eigenvalue weighted by Gasteiger charge is 2.24. The Morgan fingerprint density at radius 1 is 1.47 bits per heavy atom. The fraction of sp³-hybridized carbons (Fsp3) is 0.769. The molecule has 1 aliphatic rings. The molecule has 1 N–H and O–H groups in total. The van der Waals surface area contributed by atoms with E-state index in [1.165, 1.54) is 25.7 Å². The maximum Gasteiger partial charge on any atom is 0.0974 e. The van der Waals surface area contributed by atoms with Crippen molar-refractivity contribution in [3.05, 3.63) is 16.9 Å². The van der Waals surface area contributed by atoms with E-state index >= 15 is 0 Å². The predicted octanol–water partition coefficient (Wildman–Crippen LogP) is 3.73. The Labute approximate surface area is 108 Å². The van der Waals surface area contributed by atoms with Gasteiger partial charge in [0.05, 0.1) is 23.0 Å². The number of aliphatic hydroxyl groups excluding tert-OH is 1. The molecule has 1 aromatic heterocycles. The summed E-state index contributed by atoms with van der Waals surface area (Å²) in [6.45, 7) is 4.10. The summed E-state index contributed by atoms with van der Waals surface area (Å²) in [6.07, 6.45) is 7.06. The van der Waals surface area contributed by atoms with Gasteiger partial charge in [-0.05, 0) is 26.2 Å². The van der Waals surface area contributed by atoms with Crippen LogP contribution in [0.15, 0.2) is 6.20 Å². The molecular weight excluding hydrogens is 236 g/mol. The summed E-state index contributed by atoms with van der Waals surface area (Å²) in [5, 5.41) is 15.2. The quantitative estimate of drug-likeness (QED) is 0.891. The zero-order valence-electron chi connectivity index (χ0n) is 10.6. The minimum atomic E-state index is -0.476. The minimum absolute atomic E-state index is 0.232. The van der Waals surface area contributed by atoms with Gasteiger partial charge in [-0.15, -0.1) is 0 Å². The predicted molar refractivity (Wildman–Crippen MR) is 69.2 cm³/mol. The van der Waals surface area contributed by atoms with E-state index in [9.17, 15) is 5.11 Å². The number of aromatic nitrogens is 2. The number of rotatable bonds is 4. The number of hydrogen-bond donors (Lipinski definition) is 1. The standard InChI is InChI=1S/C13H21ClN2O/c1-9(2)16-13(11(14)8-15-16)12(17)7-10-5-3-4-6-10/h8-10,12,17H,3-7H2,1-2H3. The molecule has 0 bridgehead atoms. The molecule has 1 heterocycles. The van der Waals surface area contributed by atoms with Crippen molar-refractivity contribution in [3.8, 4) is 0 Å². The lowest BCUT2D eigenvalue weighted by Gasteiger charge is -2.19. The highest BCUT2D eigenvalue weighted by molar-refractivity contribution is 6.31. The minimum Gasteiger partial charge on any atom is -0.387 e. The average molecular weight is 257 g/mol. The van der Waals surface area contributed by atoms with Crippen molar-refractivity contribution in [1.82, 2.24) is 9.78 Å². The van der Waals surface area contributed by atoms with Crippen molar-refractivity contribution < 1.29 is 5.11 Å². The molecule has 96 valence electrons. The second-order valence-electron chi connectivity index (χ2n) is 5.32. The Hall–Kier alpha value is -0.540. The third kappa shape index (κ3) is 2.83. The Morgan fingerprint density at radius 2 is 2.12 bits per heavy atom. The summed E-state index contributed by atoms with van der Waals surface area (Å²) in [5.74, 6) is 0.650. The Balaban J connectivity index is 2.11. The molecule has 0 spiro atoms. The first kappa shape index (κ1) is 12.9. The van der Waals surface area contributed by atoms with Crippen LogP contribution in [-0.2, 0) is 0 Å². The van der Waals surface area contributed by atoms with Gasteiger partial charge in [0.1, 0.15) is 0 Å². The maximum atomic E-state index is 10.3. The first-order valence-corrected chi connectivity index (χ1v) is 6.88. The molecular formula is C13H21ClN2O. The molecule has 17 heavy (non-hydrogen) atoms. The smallest absolute Gasteiger partial charge is 0.0974 e. The Morgan fingerprint density at radius 3 is 2.71 bits per heavy atom. The fourth-order valence-corrected chi connectivity index (χ4v) is 3.00. The van der Waals surface area contributed by atoms with Gasteiger partial charge in [0.2, 0.25) is 0 Å². The van der Waals surface area contributed by atoms with Gasteiger partial charge in [0.25, 0.3) is 0 Å². The van der Waals surface area contributed by atoms with Gasteiger partial charge in [-0.2, -0.15) is 5.10 Å². The third-order valence-corrected chi connectivity index (χ3v) is 3.91. The third-order valence-electron chi connectivity index (χ3n) is 3.62. The van der Waals surface area contributed by atoms with Gasteiger partial charge in [0, 0.05) is 6.04 Å². The summed E-state index contributed by atoms with van der Waals surface area (Å²) < 4.78 is 1.84. The summed E-state index contributed by atoms with van der Waals surface area (Å²) in [5.41, 5.74) is 0.786. The van der Waals surface area contributed by atoms with E-state index in [0.717, 1.165) is 12.1 Å². The molecule has 0 saturated heterocycles. The highest BCUT2D eigenvalue weighted by atomic mass is 35.5. The van der Waals surface area contributed by atoms with Gasteiger partial charge in [-0.25, -0.2) is 0 Å². The molecule has 3 nitrogen and oxygen atoms in total. The van der Waals surface area contributed by atoms with E-state index in [1.807, 2.05) is 4.68 Å². The molecule has 1 atom stereocenters. The maximum absolute atomic E-state index is 10.3. The van der Waals surface area contributed by atoms with Crippen LogP contribution in [0.2, 0.25) is 5.02 Å². The van der Waals surface area contributed by atoms with Crippen LogP contribution in [0.5, 0.6) is 0 Å². The molecule has 1 unspecified atom stereocenters. The Kier molecular flexibility index (Phi) is 4.10. The first-order valence-electron chi connectivity index (χ1n) is 6.50. The van der Waals surface area contributed by atoms with E-state index in [0.29, 0.717) is 10.9 Å². The molecule has 2 rings (SSSR count). The molecule has 1 aliphatic carbocycles. The van der Waals surface area contributed by atoms with Gasteiger partial charge < -0.3 is 5.11 Å². The van der Waals surface area contributed by atoms with E-state index in [1.54, 1.807) is 6.20 Å². The van der Waals surface area contributed by atoms with Crippen molar-refractivity contribution in [2.24, 2.45) is 5.92 Å². The molecule has 1 saturated carbocycles. The SMILES string of the molecule is CC(C)n1ncc(Cl)c1C(O)CC1CCCC1. The van der Waals surface area contributed by atoms with Gasteiger partial charge >= 0.3 is 0 Å². The summed E-state index contributed by atoms with van der Waals surface area (Å²) in [6, 6.07) is 0.232. The van der Waals surface area contributed by atoms with E-state index in [2.05, 4.69) is 18.9 Å². The summed E-state index contributed by atoms with van der Waals surface area (Å²) >= 11 is 6.13. The summed E-state index contributed by atoms with van der Waals surface area (Å²) in [7, 11) is 0. The van der Waals surface area contributed by atoms with Crippen LogP contribution in [0, 0.1) is 5.92 Å². The number of aliphatic hydroxyl groups is 1. The second-order valence-corrected chi connectivity index (χ2v) is 5.73. The van der Waals surface area contributed by atoms with E-state index in [4.69, 9.17) is 11.6 Å². The average Bonchev–Trinajstić information content (AvgIpc) is 2.86. The molecule has 1 fully saturated rings. The zero-order valence-corrected chi connectivity index (χ0v) is 11.3. The normalized spacial score (nSPS) is 19.1. The van der Waals surface area contributed by atoms with Gasteiger partial charge in [-0.3, -0.25) is 4.68 Å². The molecule has 1 aromatic rings. The van der Waals surface area contributed by atoms with Crippen molar-refractivity contribution in [1.29, 1.82) is 0 Å². The fourth-order valence-electron chi connectivity index (χ4n) is 2.75. The molecule has 0 radical (unpaired) electrons. The second kappa shape index (κ2) is 5.40. The van der Waals surface area contributed by atoms with Crippen LogP contribution in [-0.4, -0.2) is 14.9 Å². The Bertz CT molecular complexity index is 369. The zero-order chi connectivity index (χ0) is 12.4. The number of hydrogen-bond acceptors (Lipinski definition) is 2. The lowest BCUT2D eigenvalue weighted by molar-refractivity contribution is 0.133. The van der Waals surface area contributed by atoms with Crippen molar-refractivity contribution in [2.45, 2.75) is 58.1 Å². The van der Waals surface area contributed by atoms with Crippen LogP contribution in [0.25, 0.3) is 0 Å². The number of nitrogens with zero attached hydrogens (tertiary/aromatic N) is 2. The van der Waals surface area contributed by atoms with Crippen molar-refractivity contribution in [3.63, 3.8) is 0 Å². The number of halogens is 1. The first-order chi connectivity index (χ1) is 8.09. The van der Waals surface area contributed by atoms with Crippen LogP contribution in [0.3, 0.4) is 0 Å².